The van der Waals surface area contributed by atoms with E-state index < -0.39 is 35.8 Å². The number of ether oxygens (including phenoxy) is 1. The molecule has 3 N–H and O–H groups in total. The average molecular weight is 546 g/mol. The van der Waals surface area contributed by atoms with E-state index in [9.17, 15) is 19.2 Å². The summed E-state index contributed by atoms with van der Waals surface area (Å²) in [5.74, 6) is -2.45. The van der Waals surface area contributed by atoms with E-state index in [0.717, 1.165) is 17.0 Å². The Morgan fingerprint density at radius 3 is 2.44 bits per heavy atom. The predicted octanol–water partition coefficient (Wildman–Crippen LogP) is 1.08. The summed E-state index contributed by atoms with van der Waals surface area (Å²) in [5.41, 5.74) is 0.0773. The molecule has 0 radical (unpaired) electrons. The van der Waals surface area contributed by atoms with Crippen LogP contribution in [0.15, 0.2) is 36.7 Å². The van der Waals surface area contributed by atoms with Crippen LogP contribution in [0.25, 0.3) is 0 Å². The molecule has 1 atom stereocenters. The minimum Gasteiger partial charge on any atom is -0.442 e. The zero-order valence-electron chi connectivity index (χ0n) is 21.3. The van der Waals surface area contributed by atoms with Crippen LogP contribution in [0, 0.1) is 11.6 Å². The summed E-state index contributed by atoms with van der Waals surface area (Å²) in [6.45, 7) is 2.82. The molecular formula is C25H29F2N7O5. The third kappa shape index (κ3) is 6.69. The van der Waals surface area contributed by atoms with Crippen LogP contribution in [0.2, 0.25) is 0 Å². The number of nitrogens with zero attached hydrogens (tertiary/aromatic N) is 4. The van der Waals surface area contributed by atoms with Crippen molar-refractivity contribution in [2.75, 3.05) is 62.2 Å². The highest BCUT2D eigenvalue weighted by Gasteiger charge is 2.34. The number of hydrogen-bond donors (Lipinski definition) is 3. The third-order valence-electron chi connectivity index (χ3n) is 6.29. The number of rotatable bonds is 8. The fraction of sp³-hybridized carbons (Fsp3) is 0.400. The maximum atomic E-state index is 15.1. The van der Waals surface area contributed by atoms with E-state index in [4.69, 9.17) is 4.74 Å². The molecule has 2 aliphatic rings. The molecule has 12 nitrogen and oxygen atoms in total. The maximum Gasteiger partial charge on any atom is 0.414 e. The van der Waals surface area contributed by atoms with Gasteiger partial charge in [-0.15, -0.1) is 0 Å². The number of halogens is 2. The topological polar surface area (TPSA) is 136 Å². The van der Waals surface area contributed by atoms with Gasteiger partial charge in [0.15, 0.2) is 11.6 Å². The molecule has 0 saturated carbocycles. The van der Waals surface area contributed by atoms with Crippen molar-refractivity contribution in [1.29, 1.82) is 0 Å². The van der Waals surface area contributed by atoms with Crippen molar-refractivity contribution in [2.24, 2.45) is 0 Å². The van der Waals surface area contributed by atoms with Gasteiger partial charge >= 0.3 is 12.1 Å². The van der Waals surface area contributed by atoms with Crippen molar-refractivity contribution >= 4 is 35.3 Å². The van der Waals surface area contributed by atoms with Crippen molar-refractivity contribution in [3.63, 3.8) is 0 Å². The highest BCUT2D eigenvalue weighted by molar-refractivity contribution is 5.96. The Bertz CT molecular complexity index is 1200. The number of hydrogen-bond acceptors (Lipinski definition) is 7. The van der Waals surface area contributed by atoms with Gasteiger partial charge in [0, 0.05) is 57.3 Å². The lowest BCUT2D eigenvalue weighted by atomic mass is 10.2. The number of cyclic esters (lactones) is 1. The van der Waals surface area contributed by atoms with Gasteiger partial charge < -0.3 is 30.5 Å². The first-order chi connectivity index (χ1) is 18.8. The van der Waals surface area contributed by atoms with Crippen molar-refractivity contribution < 1.29 is 32.7 Å². The van der Waals surface area contributed by atoms with Gasteiger partial charge in [-0.1, -0.05) is 0 Å². The largest absolute Gasteiger partial charge is 0.442 e. The third-order valence-corrected chi connectivity index (χ3v) is 6.29. The number of carbonyl (C=O) groups is 4. The van der Waals surface area contributed by atoms with E-state index in [2.05, 4.69) is 20.9 Å². The van der Waals surface area contributed by atoms with E-state index in [-0.39, 0.29) is 63.1 Å². The van der Waals surface area contributed by atoms with Gasteiger partial charge in [-0.25, -0.2) is 18.4 Å². The van der Waals surface area contributed by atoms with Crippen molar-refractivity contribution in [3.05, 3.63) is 53.9 Å². The SMILES string of the molecule is CCNC(=O)NC[C@H]1CN(c2cc(F)c(N3CCN(C(=O)CNC(=O)c4cccnc4)CC3)c(F)c2)C(=O)O1. The van der Waals surface area contributed by atoms with Crippen LogP contribution in [-0.2, 0) is 9.53 Å². The molecule has 39 heavy (non-hydrogen) atoms. The fourth-order valence-corrected chi connectivity index (χ4v) is 4.32. The number of amides is 5. The minimum absolute atomic E-state index is 0.00238. The number of nitrogens with one attached hydrogen (secondary N) is 3. The van der Waals surface area contributed by atoms with Gasteiger partial charge in [-0.3, -0.25) is 19.5 Å². The molecule has 2 saturated heterocycles. The van der Waals surface area contributed by atoms with Gasteiger partial charge in [0.05, 0.1) is 30.9 Å². The standard InChI is InChI=1S/C25H29F2N7O5/c1-2-29-24(37)31-13-18-15-34(25(38)39-18)17-10-19(26)22(20(27)11-17)33-8-6-32(7-9-33)21(35)14-30-23(36)16-4-3-5-28-12-16/h3-5,10-12,18H,2,6-9,13-15H2,1H3,(H,30,36)(H2,29,31,37)/t18-/m0/s1. The second kappa shape index (κ2) is 12.4. The highest BCUT2D eigenvalue weighted by atomic mass is 19.1. The van der Waals surface area contributed by atoms with Gasteiger partial charge in [-0.2, -0.15) is 0 Å². The molecule has 2 fully saturated rings. The van der Waals surface area contributed by atoms with Gasteiger partial charge in [0.25, 0.3) is 5.91 Å². The second-order valence-corrected chi connectivity index (χ2v) is 8.91. The summed E-state index contributed by atoms with van der Waals surface area (Å²) >= 11 is 0. The van der Waals surface area contributed by atoms with Crippen LogP contribution in [0.5, 0.6) is 0 Å². The molecule has 2 aromatic rings. The zero-order chi connectivity index (χ0) is 27.9. The van der Waals surface area contributed by atoms with E-state index in [0.29, 0.717) is 12.1 Å². The van der Waals surface area contributed by atoms with Crippen LogP contribution in [0.1, 0.15) is 17.3 Å². The first-order valence-electron chi connectivity index (χ1n) is 12.5. The minimum atomic E-state index is -0.856. The Balaban J connectivity index is 1.31. The molecule has 0 bridgehead atoms. The Labute approximate surface area is 223 Å². The molecule has 0 unspecified atom stereocenters. The molecule has 14 heteroatoms. The van der Waals surface area contributed by atoms with Gasteiger partial charge in [0.1, 0.15) is 11.8 Å². The Hall–Kier alpha value is -4.49. The lowest BCUT2D eigenvalue weighted by Crippen LogP contribution is -2.51. The van der Waals surface area contributed by atoms with Gasteiger partial charge in [0.2, 0.25) is 5.91 Å². The fourth-order valence-electron chi connectivity index (χ4n) is 4.32. The summed E-state index contributed by atoms with van der Waals surface area (Å²) in [5, 5.41) is 7.66. The first-order valence-corrected chi connectivity index (χ1v) is 12.5. The smallest absolute Gasteiger partial charge is 0.414 e. The summed E-state index contributed by atoms with van der Waals surface area (Å²) in [4.78, 5) is 56.5. The second-order valence-electron chi connectivity index (χ2n) is 8.91. The average Bonchev–Trinajstić information content (AvgIpc) is 3.31. The molecule has 0 spiro atoms. The van der Waals surface area contributed by atoms with Crippen molar-refractivity contribution in [2.45, 2.75) is 13.0 Å². The summed E-state index contributed by atoms with van der Waals surface area (Å²) < 4.78 is 35.4. The van der Waals surface area contributed by atoms with E-state index in [1.54, 1.807) is 19.1 Å². The summed E-state index contributed by atoms with van der Waals surface area (Å²) in [6, 6.07) is 4.90. The molecule has 1 aromatic carbocycles. The van der Waals surface area contributed by atoms with Gasteiger partial charge in [-0.05, 0) is 19.1 Å². The number of benzene rings is 1. The molecule has 208 valence electrons. The maximum absolute atomic E-state index is 15.1. The zero-order valence-corrected chi connectivity index (χ0v) is 21.3. The van der Waals surface area contributed by atoms with Crippen LogP contribution in [0.4, 0.5) is 29.7 Å². The molecule has 2 aliphatic heterocycles. The Morgan fingerprint density at radius 1 is 1.08 bits per heavy atom. The van der Waals surface area contributed by atoms with Crippen molar-refractivity contribution in [3.8, 4) is 0 Å². The molecule has 3 heterocycles. The number of piperazine rings is 1. The predicted molar refractivity (Wildman–Crippen MR) is 136 cm³/mol. The number of anilines is 2. The molecule has 5 amide bonds. The Morgan fingerprint density at radius 2 is 1.79 bits per heavy atom. The number of urea groups is 1. The highest BCUT2D eigenvalue weighted by Crippen LogP contribution is 2.31. The number of carbonyl (C=O) groups excluding carboxylic acids is 4. The Kier molecular flexibility index (Phi) is 8.74. The molecule has 4 rings (SSSR count). The quantitative estimate of drug-likeness (QED) is 0.452. The molecular weight excluding hydrogens is 516 g/mol. The van der Waals surface area contributed by atoms with E-state index >= 15 is 8.78 Å². The van der Waals surface area contributed by atoms with E-state index in [1.807, 2.05) is 0 Å². The van der Waals surface area contributed by atoms with Crippen LogP contribution < -0.4 is 25.8 Å². The first kappa shape index (κ1) is 27.5. The summed E-state index contributed by atoms with van der Waals surface area (Å²) in [7, 11) is 0. The number of aromatic nitrogens is 1. The molecule has 0 aliphatic carbocycles. The van der Waals surface area contributed by atoms with Crippen LogP contribution in [-0.4, -0.2) is 92.3 Å². The number of pyridine rings is 1. The van der Waals surface area contributed by atoms with Crippen molar-refractivity contribution in [1.82, 2.24) is 25.8 Å². The monoisotopic (exact) mass is 545 g/mol. The van der Waals surface area contributed by atoms with Crippen LogP contribution >= 0.6 is 0 Å². The lowest BCUT2D eigenvalue weighted by molar-refractivity contribution is -0.130. The molecule has 1 aromatic heterocycles. The lowest BCUT2D eigenvalue weighted by Gasteiger charge is -2.36. The van der Waals surface area contributed by atoms with E-state index in [1.165, 1.54) is 22.2 Å². The summed E-state index contributed by atoms with van der Waals surface area (Å²) in [6.07, 6.45) is 1.48. The normalized spacial score (nSPS) is 17.1. The van der Waals surface area contributed by atoms with Crippen LogP contribution in [0.3, 0.4) is 0 Å².